The lowest BCUT2D eigenvalue weighted by Gasteiger charge is -2.23. The third-order valence-corrected chi connectivity index (χ3v) is 4.63. The Balaban J connectivity index is 1.70. The van der Waals surface area contributed by atoms with E-state index in [9.17, 15) is 22.8 Å². The third-order valence-electron chi connectivity index (χ3n) is 4.63. The summed E-state index contributed by atoms with van der Waals surface area (Å²) in [5.41, 5.74) is 1.36. The molecule has 0 radical (unpaired) electrons. The van der Waals surface area contributed by atoms with E-state index >= 15 is 0 Å². The van der Waals surface area contributed by atoms with Crippen LogP contribution < -0.4 is 5.32 Å². The number of rotatable bonds is 6. The molecule has 0 atom stereocenters. The van der Waals surface area contributed by atoms with E-state index in [0.717, 1.165) is 30.5 Å². The molecule has 3 rings (SSSR count). The van der Waals surface area contributed by atoms with Gasteiger partial charge in [0.25, 0.3) is 5.91 Å². The van der Waals surface area contributed by atoms with Crippen LogP contribution >= 0.6 is 0 Å². The van der Waals surface area contributed by atoms with Crippen LogP contribution in [0.15, 0.2) is 48.5 Å². The van der Waals surface area contributed by atoms with Gasteiger partial charge in [0.2, 0.25) is 5.91 Å². The van der Waals surface area contributed by atoms with Gasteiger partial charge in [-0.2, -0.15) is 13.2 Å². The summed E-state index contributed by atoms with van der Waals surface area (Å²) in [6.45, 7) is 2.10. The topological polar surface area (TPSA) is 49.4 Å². The van der Waals surface area contributed by atoms with Crippen molar-refractivity contribution in [2.75, 3.05) is 0 Å². The Labute approximate surface area is 161 Å². The summed E-state index contributed by atoms with van der Waals surface area (Å²) in [5, 5.41) is 2.69. The van der Waals surface area contributed by atoms with Crippen LogP contribution in [0, 0.1) is 0 Å². The largest absolute Gasteiger partial charge is 0.416 e. The molecule has 0 heterocycles. The molecule has 2 aromatic rings. The van der Waals surface area contributed by atoms with E-state index in [1.165, 1.54) is 19.1 Å². The Kier molecular flexibility index (Phi) is 5.72. The van der Waals surface area contributed by atoms with Crippen LogP contribution in [-0.2, 0) is 24.1 Å². The minimum atomic E-state index is -4.37. The van der Waals surface area contributed by atoms with Crippen molar-refractivity contribution >= 4 is 11.8 Å². The van der Waals surface area contributed by atoms with Crippen molar-refractivity contribution in [3.8, 4) is 0 Å². The molecule has 0 saturated heterocycles. The lowest BCUT2D eigenvalue weighted by atomic mass is 10.1. The summed E-state index contributed by atoms with van der Waals surface area (Å²) in [5.74, 6) is -0.273. The Morgan fingerprint density at radius 1 is 1.00 bits per heavy atom. The van der Waals surface area contributed by atoms with Crippen LogP contribution in [0.5, 0.6) is 0 Å². The Bertz CT molecular complexity index is 841. The van der Waals surface area contributed by atoms with Crippen molar-refractivity contribution in [3.05, 3.63) is 70.8 Å². The minimum absolute atomic E-state index is 0.119. The van der Waals surface area contributed by atoms with Crippen molar-refractivity contribution < 1.29 is 22.8 Å². The standard InChI is InChI=1S/C21H21F3N2O2/c1-14(27)25-12-15-2-6-17(7-3-15)20(28)26(19-10-11-19)13-16-4-8-18(9-5-16)21(22,23)24/h2-9,19H,10-13H2,1H3,(H,25,27). The molecule has 0 unspecified atom stereocenters. The Hall–Kier alpha value is -2.83. The summed E-state index contributed by atoms with van der Waals surface area (Å²) >= 11 is 0. The highest BCUT2D eigenvalue weighted by molar-refractivity contribution is 5.94. The molecule has 1 fully saturated rings. The molecule has 2 amide bonds. The quantitative estimate of drug-likeness (QED) is 0.806. The first-order chi connectivity index (χ1) is 13.2. The highest BCUT2D eigenvalue weighted by Gasteiger charge is 2.34. The molecule has 148 valence electrons. The van der Waals surface area contributed by atoms with Crippen LogP contribution in [0.1, 0.15) is 46.8 Å². The molecular weight excluding hydrogens is 369 g/mol. The van der Waals surface area contributed by atoms with E-state index in [0.29, 0.717) is 17.7 Å². The number of carbonyl (C=O) groups is 2. The molecule has 1 aliphatic rings. The average molecular weight is 390 g/mol. The van der Waals surface area contributed by atoms with Crippen molar-refractivity contribution in [3.63, 3.8) is 0 Å². The maximum absolute atomic E-state index is 12.9. The highest BCUT2D eigenvalue weighted by atomic mass is 19.4. The first-order valence-corrected chi connectivity index (χ1v) is 9.04. The van der Waals surface area contributed by atoms with Gasteiger partial charge in [-0.3, -0.25) is 9.59 Å². The Morgan fingerprint density at radius 2 is 1.57 bits per heavy atom. The third kappa shape index (κ3) is 5.12. The number of carbonyl (C=O) groups excluding carboxylic acids is 2. The lowest BCUT2D eigenvalue weighted by molar-refractivity contribution is -0.137. The fourth-order valence-electron chi connectivity index (χ4n) is 2.91. The predicted molar refractivity (Wildman–Crippen MR) is 98.3 cm³/mol. The maximum Gasteiger partial charge on any atom is 0.416 e. The van der Waals surface area contributed by atoms with Gasteiger partial charge in [0.15, 0.2) is 0 Å². The molecule has 7 heteroatoms. The number of nitrogens with one attached hydrogen (secondary N) is 1. The van der Waals surface area contributed by atoms with Crippen LogP contribution in [0.25, 0.3) is 0 Å². The summed E-state index contributed by atoms with van der Waals surface area (Å²) < 4.78 is 38.1. The number of halogens is 3. The molecular formula is C21H21F3N2O2. The molecule has 0 aromatic heterocycles. The van der Waals surface area contributed by atoms with Crippen LogP contribution in [-0.4, -0.2) is 22.8 Å². The number of nitrogens with zero attached hydrogens (tertiary/aromatic N) is 1. The van der Waals surface area contributed by atoms with Gasteiger partial charge in [0.1, 0.15) is 0 Å². The molecule has 0 spiro atoms. The van der Waals surface area contributed by atoms with Gasteiger partial charge in [-0.25, -0.2) is 0 Å². The Morgan fingerprint density at radius 3 is 2.07 bits per heavy atom. The number of hydrogen-bond donors (Lipinski definition) is 1. The summed E-state index contributed by atoms with van der Waals surface area (Å²) in [7, 11) is 0. The predicted octanol–water partition coefficient (Wildman–Crippen LogP) is 4.15. The van der Waals surface area contributed by atoms with E-state index in [1.807, 2.05) is 0 Å². The van der Waals surface area contributed by atoms with Crippen molar-refractivity contribution in [1.29, 1.82) is 0 Å². The zero-order chi connectivity index (χ0) is 20.3. The molecule has 1 saturated carbocycles. The van der Waals surface area contributed by atoms with Gasteiger partial charge in [-0.1, -0.05) is 24.3 Å². The first kappa shape index (κ1) is 19.9. The van der Waals surface area contributed by atoms with Gasteiger partial charge in [-0.05, 0) is 48.2 Å². The molecule has 1 aliphatic carbocycles. The second-order valence-electron chi connectivity index (χ2n) is 6.97. The van der Waals surface area contributed by atoms with Crippen LogP contribution in [0.4, 0.5) is 13.2 Å². The molecule has 0 bridgehead atoms. The van der Waals surface area contributed by atoms with E-state index in [4.69, 9.17) is 0 Å². The lowest BCUT2D eigenvalue weighted by Crippen LogP contribution is -2.32. The van der Waals surface area contributed by atoms with Gasteiger partial charge in [0.05, 0.1) is 5.56 Å². The maximum atomic E-state index is 12.9. The van der Waals surface area contributed by atoms with Gasteiger partial charge in [0, 0.05) is 31.6 Å². The fraction of sp³-hybridized carbons (Fsp3) is 0.333. The minimum Gasteiger partial charge on any atom is -0.352 e. The zero-order valence-corrected chi connectivity index (χ0v) is 15.4. The highest BCUT2D eigenvalue weighted by Crippen LogP contribution is 2.32. The summed E-state index contributed by atoms with van der Waals surface area (Å²) in [6, 6.07) is 12.0. The number of amides is 2. The normalized spacial score (nSPS) is 13.9. The summed E-state index contributed by atoms with van der Waals surface area (Å²) in [6.07, 6.45) is -2.58. The molecule has 4 nitrogen and oxygen atoms in total. The van der Waals surface area contributed by atoms with E-state index in [1.54, 1.807) is 29.2 Å². The van der Waals surface area contributed by atoms with E-state index in [-0.39, 0.29) is 24.4 Å². The number of hydrogen-bond acceptors (Lipinski definition) is 2. The van der Waals surface area contributed by atoms with Crippen LogP contribution in [0.3, 0.4) is 0 Å². The van der Waals surface area contributed by atoms with Gasteiger partial charge >= 0.3 is 6.18 Å². The first-order valence-electron chi connectivity index (χ1n) is 9.04. The summed E-state index contributed by atoms with van der Waals surface area (Å²) in [4.78, 5) is 25.6. The smallest absolute Gasteiger partial charge is 0.352 e. The number of alkyl halides is 3. The molecule has 0 aliphatic heterocycles. The SMILES string of the molecule is CC(=O)NCc1ccc(C(=O)N(Cc2ccc(C(F)(F)F)cc2)C2CC2)cc1. The monoisotopic (exact) mass is 390 g/mol. The molecule has 1 N–H and O–H groups in total. The average Bonchev–Trinajstić information content (AvgIpc) is 3.49. The van der Waals surface area contributed by atoms with Gasteiger partial charge < -0.3 is 10.2 Å². The van der Waals surface area contributed by atoms with Crippen molar-refractivity contribution in [1.82, 2.24) is 10.2 Å². The van der Waals surface area contributed by atoms with Gasteiger partial charge in [-0.15, -0.1) is 0 Å². The number of benzene rings is 2. The second kappa shape index (κ2) is 8.04. The van der Waals surface area contributed by atoms with Crippen LogP contribution in [0.2, 0.25) is 0 Å². The van der Waals surface area contributed by atoms with Crippen molar-refractivity contribution in [2.24, 2.45) is 0 Å². The van der Waals surface area contributed by atoms with E-state index < -0.39 is 11.7 Å². The fourth-order valence-corrected chi connectivity index (χ4v) is 2.91. The molecule has 2 aromatic carbocycles. The molecule has 28 heavy (non-hydrogen) atoms. The zero-order valence-electron chi connectivity index (χ0n) is 15.4. The van der Waals surface area contributed by atoms with E-state index in [2.05, 4.69) is 5.32 Å². The second-order valence-corrected chi connectivity index (χ2v) is 6.97. The van der Waals surface area contributed by atoms with Crippen molar-refractivity contribution in [2.45, 2.75) is 45.1 Å².